The number of amides is 1. The van der Waals surface area contributed by atoms with E-state index in [1.165, 1.54) is 148 Å². The van der Waals surface area contributed by atoms with Crippen molar-refractivity contribution in [2.24, 2.45) is 0 Å². The number of hydrogen-bond donors (Lipinski definition) is 3. The molecule has 0 aromatic heterocycles. The van der Waals surface area contributed by atoms with E-state index in [2.05, 4.69) is 80.8 Å². The molecule has 0 aromatic rings. The molecule has 0 aliphatic heterocycles. The van der Waals surface area contributed by atoms with Crippen LogP contribution in [0.5, 0.6) is 0 Å². The minimum Gasteiger partial charge on any atom is -0.461 e. The molecule has 0 bridgehead atoms. The fraction of sp³-hybridized carbons (Fsp3) is 0.789. The van der Waals surface area contributed by atoms with Crippen molar-refractivity contribution >= 4 is 11.9 Å². The minimum absolute atomic E-state index is 0.000834. The second kappa shape index (κ2) is 50.6. The largest absolute Gasteiger partial charge is 0.461 e. The molecule has 0 rings (SSSR count). The Bertz CT molecular complexity index is 1130. The summed E-state index contributed by atoms with van der Waals surface area (Å²) in [7, 11) is 0. The van der Waals surface area contributed by atoms with E-state index in [-0.39, 0.29) is 24.9 Å². The average Bonchev–Trinajstić information content (AvgIpc) is 3.28. The molecule has 63 heavy (non-hydrogen) atoms. The fourth-order valence-electron chi connectivity index (χ4n) is 8.04. The first-order chi connectivity index (χ1) is 31.0. The van der Waals surface area contributed by atoms with E-state index in [1.807, 2.05) is 6.08 Å². The normalized spacial score (nSPS) is 13.7. The maximum Gasteiger partial charge on any atom is 0.306 e. The molecule has 0 aromatic carbocycles. The van der Waals surface area contributed by atoms with Gasteiger partial charge in [-0.05, 0) is 44.9 Å². The average molecular weight is 882 g/mol. The fourth-order valence-corrected chi connectivity index (χ4v) is 8.04. The third-order valence-electron chi connectivity index (χ3n) is 12.1. The lowest BCUT2D eigenvalue weighted by Gasteiger charge is -2.24. The highest BCUT2D eigenvalue weighted by atomic mass is 16.5. The van der Waals surface area contributed by atoms with Crippen LogP contribution in [-0.4, -0.2) is 46.9 Å². The van der Waals surface area contributed by atoms with Gasteiger partial charge in [-0.3, -0.25) is 9.59 Å². The van der Waals surface area contributed by atoms with Crippen LogP contribution in [0.3, 0.4) is 0 Å². The Morgan fingerprint density at radius 3 is 1.21 bits per heavy atom. The van der Waals surface area contributed by atoms with Crippen molar-refractivity contribution in [3.8, 4) is 0 Å². The summed E-state index contributed by atoms with van der Waals surface area (Å²) in [6.45, 7) is 6.35. The number of carbonyl (C=O) groups is 2. The number of carbonyl (C=O) groups excluding carboxylic acids is 2. The van der Waals surface area contributed by atoms with Crippen LogP contribution in [-0.2, 0) is 14.3 Å². The van der Waals surface area contributed by atoms with Crippen LogP contribution in [0.1, 0.15) is 265 Å². The Labute approximate surface area is 390 Å². The molecule has 3 N–H and O–H groups in total. The zero-order valence-corrected chi connectivity index (χ0v) is 41.7. The topological polar surface area (TPSA) is 95.9 Å². The third-order valence-corrected chi connectivity index (χ3v) is 12.1. The summed E-state index contributed by atoms with van der Waals surface area (Å²) in [5.74, 6) is -0.572. The van der Waals surface area contributed by atoms with Gasteiger partial charge in [0.05, 0.1) is 25.2 Å². The molecule has 0 fully saturated rings. The van der Waals surface area contributed by atoms with Gasteiger partial charge in [0.2, 0.25) is 5.91 Å². The smallest absolute Gasteiger partial charge is 0.306 e. The lowest BCUT2D eigenvalue weighted by Crippen LogP contribution is -2.46. The highest BCUT2D eigenvalue weighted by molar-refractivity contribution is 5.77. The standard InChI is InChI=1S/C57H103NO5/c1-4-7-10-13-16-19-22-24-26-27-28-30-32-35-38-41-44-47-50-57(62)63-53(48-45-42-39-36-34-31-29-25-23-20-17-14-11-8-5-2)51-56(61)58-54(52-59)55(60)49-46-43-40-37-33-21-18-15-12-9-6-3/h8,11,17,20,25,29,34,36,42,45,53-55,59-60H,4-7,9-10,12-16,18-19,21-24,26-28,30-33,35,37-41,43-44,46-52H2,1-3H3,(H,58,61)/b11-8-,20-17-,29-25-,36-34-,45-42-. The number of nitrogens with one attached hydrogen (secondary N) is 1. The van der Waals surface area contributed by atoms with Gasteiger partial charge in [-0.15, -0.1) is 0 Å². The lowest BCUT2D eigenvalue weighted by atomic mass is 10.0. The van der Waals surface area contributed by atoms with Gasteiger partial charge >= 0.3 is 5.97 Å². The predicted octanol–water partition coefficient (Wildman–Crippen LogP) is 16.4. The second-order valence-corrected chi connectivity index (χ2v) is 18.3. The maximum atomic E-state index is 13.2. The van der Waals surface area contributed by atoms with Gasteiger partial charge in [-0.2, -0.15) is 0 Å². The quantitative estimate of drug-likeness (QED) is 0.0321. The summed E-state index contributed by atoms with van der Waals surface area (Å²) in [5.41, 5.74) is 0. The van der Waals surface area contributed by atoms with Crippen molar-refractivity contribution in [3.63, 3.8) is 0 Å². The molecule has 366 valence electrons. The Morgan fingerprint density at radius 2 is 0.825 bits per heavy atom. The number of aliphatic hydroxyl groups is 2. The minimum atomic E-state index is -0.811. The summed E-state index contributed by atoms with van der Waals surface area (Å²) in [4.78, 5) is 26.1. The Balaban J connectivity index is 4.65. The highest BCUT2D eigenvalue weighted by Crippen LogP contribution is 2.17. The summed E-state index contributed by atoms with van der Waals surface area (Å²) >= 11 is 0. The van der Waals surface area contributed by atoms with Crippen LogP contribution >= 0.6 is 0 Å². The highest BCUT2D eigenvalue weighted by Gasteiger charge is 2.23. The SMILES string of the molecule is CC/C=C\C/C=C\C/C=C\C/C=C\C/C=C\CC(CC(=O)NC(CO)C(O)CCCCCCCCCCCCC)OC(=O)CCCCCCCCCCCCCCCCCCCC. The molecule has 0 saturated heterocycles. The van der Waals surface area contributed by atoms with E-state index < -0.39 is 18.2 Å². The van der Waals surface area contributed by atoms with E-state index in [0.717, 1.165) is 70.6 Å². The number of allylic oxidation sites excluding steroid dienone is 9. The van der Waals surface area contributed by atoms with Crippen molar-refractivity contribution in [3.05, 3.63) is 60.8 Å². The van der Waals surface area contributed by atoms with Crippen LogP contribution in [0.2, 0.25) is 0 Å². The van der Waals surface area contributed by atoms with Gasteiger partial charge in [-0.25, -0.2) is 0 Å². The molecule has 0 saturated carbocycles. The molecule has 0 aliphatic carbocycles. The van der Waals surface area contributed by atoms with Crippen molar-refractivity contribution in [2.45, 2.75) is 283 Å². The second-order valence-electron chi connectivity index (χ2n) is 18.3. The molecular weight excluding hydrogens is 779 g/mol. The number of ether oxygens (including phenoxy) is 1. The Morgan fingerprint density at radius 1 is 0.476 bits per heavy atom. The first kappa shape index (κ1) is 60.6. The van der Waals surface area contributed by atoms with E-state index in [9.17, 15) is 19.8 Å². The van der Waals surface area contributed by atoms with Gasteiger partial charge < -0.3 is 20.3 Å². The van der Waals surface area contributed by atoms with Gasteiger partial charge in [0, 0.05) is 12.8 Å². The summed E-state index contributed by atoms with van der Waals surface area (Å²) in [6, 6.07) is -0.731. The number of rotatable bonds is 48. The van der Waals surface area contributed by atoms with Crippen LogP contribution < -0.4 is 5.32 Å². The number of unbranched alkanes of at least 4 members (excludes halogenated alkanes) is 27. The molecule has 3 unspecified atom stereocenters. The van der Waals surface area contributed by atoms with Gasteiger partial charge in [0.25, 0.3) is 0 Å². The van der Waals surface area contributed by atoms with E-state index in [1.54, 1.807) is 0 Å². The lowest BCUT2D eigenvalue weighted by molar-refractivity contribution is -0.150. The number of esters is 1. The summed E-state index contributed by atoms with van der Waals surface area (Å²) in [6.07, 6.45) is 63.0. The molecule has 0 aliphatic rings. The molecule has 0 radical (unpaired) electrons. The van der Waals surface area contributed by atoms with Crippen molar-refractivity contribution in [1.29, 1.82) is 0 Å². The molecule has 0 heterocycles. The Hall–Kier alpha value is -2.44. The van der Waals surface area contributed by atoms with Crippen LogP contribution in [0.4, 0.5) is 0 Å². The van der Waals surface area contributed by atoms with Gasteiger partial charge in [0.15, 0.2) is 0 Å². The van der Waals surface area contributed by atoms with E-state index >= 15 is 0 Å². The first-order valence-corrected chi connectivity index (χ1v) is 27.0. The molecule has 6 heteroatoms. The Kier molecular flexibility index (Phi) is 48.6. The molecular formula is C57H103NO5. The van der Waals surface area contributed by atoms with Gasteiger partial charge in [0.1, 0.15) is 6.10 Å². The number of aliphatic hydroxyl groups excluding tert-OH is 2. The monoisotopic (exact) mass is 882 g/mol. The molecule has 6 nitrogen and oxygen atoms in total. The summed E-state index contributed by atoms with van der Waals surface area (Å²) < 4.78 is 5.88. The van der Waals surface area contributed by atoms with Crippen molar-refractivity contribution in [1.82, 2.24) is 5.32 Å². The van der Waals surface area contributed by atoms with Crippen molar-refractivity contribution in [2.75, 3.05) is 6.61 Å². The predicted molar refractivity (Wildman–Crippen MR) is 273 cm³/mol. The third kappa shape index (κ3) is 45.9. The molecule has 1 amide bonds. The van der Waals surface area contributed by atoms with E-state index in [0.29, 0.717) is 19.3 Å². The summed E-state index contributed by atoms with van der Waals surface area (Å²) in [5, 5.41) is 23.7. The zero-order chi connectivity index (χ0) is 45.9. The van der Waals surface area contributed by atoms with Crippen LogP contribution in [0, 0.1) is 0 Å². The van der Waals surface area contributed by atoms with E-state index in [4.69, 9.17) is 4.74 Å². The van der Waals surface area contributed by atoms with Gasteiger partial charge in [-0.1, -0.05) is 261 Å². The maximum absolute atomic E-state index is 13.2. The molecule has 3 atom stereocenters. The van der Waals surface area contributed by atoms with Crippen LogP contribution in [0.15, 0.2) is 60.8 Å². The van der Waals surface area contributed by atoms with Crippen molar-refractivity contribution < 1.29 is 24.5 Å². The first-order valence-electron chi connectivity index (χ1n) is 27.0. The van der Waals surface area contributed by atoms with Crippen LogP contribution in [0.25, 0.3) is 0 Å². The number of hydrogen-bond acceptors (Lipinski definition) is 5. The molecule has 0 spiro atoms. The zero-order valence-electron chi connectivity index (χ0n) is 41.7.